The number of hydrogen-bond acceptors (Lipinski definition) is 6. The quantitative estimate of drug-likeness (QED) is 0.232. The van der Waals surface area contributed by atoms with Crippen molar-refractivity contribution in [2.45, 2.75) is 25.3 Å². The Morgan fingerprint density at radius 3 is 2.30 bits per heavy atom. The van der Waals surface area contributed by atoms with E-state index in [0.29, 0.717) is 10.5 Å². The number of nitrogens with zero attached hydrogens (tertiary/aromatic N) is 3. The van der Waals surface area contributed by atoms with Crippen LogP contribution in [0.5, 0.6) is 0 Å². The molecule has 0 spiro atoms. The number of benzene rings is 4. The maximum Gasteiger partial charge on any atom is 0.326 e. The Kier molecular flexibility index (Phi) is 7.81. The number of hydrogen-bond donors (Lipinski definition) is 0. The molecule has 0 saturated carbocycles. The number of anilines is 1. The molecule has 1 aromatic heterocycles. The number of sulfonamides is 1. The van der Waals surface area contributed by atoms with Gasteiger partial charge in [-0.1, -0.05) is 59.9 Å². The largest absolute Gasteiger partial charge is 0.465 e. The molecule has 0 bridgehead atoms. The van der Waals surface area contributed by atoms with Gasteiger partial charge in [-0.3, -0.25) is 13.9 Å². The number of esters is 1. The molecule has 0 aliphatic heterocycles. The summed E-state index contributed by atoms with van der Waals surface area (Å²) in [5.41, 5.74) is 1.56. The maximum absolute atomic E-state index is 13.3. The van der Waals surface area contributed by atoms with E-state index in [1.54, 1.807) is 42.7 Å². The Bertz CT molecular complexity index is 1880. The summed E-state index contributed by atoms with van der Waals surface area (Å²) in [7, 11) is -3.83. The van der Waals surface area contributed by atoms with Crippen molar-refractivity contribution in [3.63, 3.8) is 0 Å². The number of carbonyl (C=O) groups excluding carboxylic acids is 2. The van der Waals surface area contributed by atoms with E-state index >= 15 is 0 Å². The van der Waals surface area contributed by atoms with E-state index in [1.807, 2.05) is 42.5 Å². The molecule has 0 fully saturated rings. The first kappa shape index (κ1) is 27.3. The highest BCUT2D eigenvalue weighted by Crippen LogP contribution is 2.28. The summed E-state index contributed by atoms with van der Waals surface area (Å²) in [4.78, 5) is 30.4. The van der Waals surface area contributed by atoms with Gasteiger partial charge in [-0.05, 0) is 61.7 Å². The fourth-order valence-electron chi connectivity index (χ4n) is 4.51. The van der Waals surface area contributed by atoms with Crippen LogP contribution in [0.25, 0.3) is 21.0 Å². The Morgan fingerprint density at radius 1 is 0.900 bits per heavy atom. The third kappa shape index (κ3) is 5.28. The van der Waals surface area contributed by atoms with Crippen molar-refractivity contribution >= 4 is 59.9 Å². The lowest BCUT2D eigenvalue weighted by Gasteiger charge is -2.22. The lowest BCUT2D eigenvalue weighted by molar-refractivity contribution is -0.143. The van der Waals surface area contributed by atoms with E-state index in [0.717, 1.165) is 21.0 Å². The monoisotopic (exact) mass is 573 g/mol. The average Bonchev–Trinajstić information content (AvgIpc) is 3.31. The summed E-state index contributed by atoms with van der Waals surface area (Å²) in [5, 5.41) is 2.02. The topological polar surface area (TPSA) is 98.0 Å². The first-order valence-corrected chi connectivity index (χ1v) is 15.0. The van der Waals surface area contributed by atoms with E-state index in [9.17, 15) is 18.0 Å². The van der Waals surface area contributed by atoms with Crippen LogP contribution in [-0.4, -0.2) is 38.0 Å². The van der Waals surface area contributed by atoms with Crippen LogP contribution < -0.4 is 9.11 Å². The summed E-state index contributed by atoms with van der Waals surface area (Å²) in [6.07, 6.45) is 0. The van der Waals surface area contributed by atoms with Crippen LogP contribution in [0.2, 0.25) is 0 Å². The molecule has 0 aliphatic rings. The summed E-state index contributed by atoms with van der Waals surface area (Å²) < 4.78 is 35.7. The summed E-state index contributed by atoms with van der Waals surface area (Å²) in [6.45, 7) is 3.90. The zero-order valence-electron chi connectivity index (χ0n) is 22.0. The molecular formula is C30H27N3O5S2. The highest BCUT2D eigenvalue weighted by atomic mass is 32.2. The van der Waals surface area contributed by atoms with Crippen molar-refractivity contribution in [3.05, 3.63) is 101 Å². The molecule has 5 aromatic rings. The van der Waals surface area contributed by atoms with Gasteiger partial charge in [0, 0.05) is 17.5 Å². The van der Waals surface area contributed by atoms with Crippen molar-refractivity contribution in [1.82, 2.24) is 4.57 Å². The number of carbonyl (C=O) groups is 2. The van der Waals surface area contributed by atoms with Crippen LogP contribution in [-0.2, 0) is 26.1 Å². The molecule has 0 unspecified atom stereocenters. The van der Waals surface area contributed by atoms with Gasteiger partial charge < -0.3 is 9.30 Å². The van der Waals surface area contributed by atoms with Gasteiger partial charge in [-0.25, -0.2) is 8.42 Å². The van der Waals surface area contributed by atoms with Gasteiger partial charge in [0.2, 0.25) is 0 Å². The Morgan fingerprint density at radius 2 is 1.60 bits per heavy atom. The lowest BCUT2D eigenvalue weighted by atomic mass is 10.1. The zero-order valence-corrected chi connectivity index (χ0v) is 23.6. The van der Waals surface area contributed by atoms with Crippen molar-refractivity contribution < 1.29 is 22.7 Å². The number of rotatable bonds is 8. The van der Waals surface area contributed by atoms with Crippen LogP contribution in [0.15, 0.2) is 101 Å². The molecule has 5 rings (SSSR count). The number of thiazole rings is 1. The van der Waals surface area contributed by atoms with Gasteiger partial charge in [-0.2, -0.15) is 4.99 Å². The number of fused-ring (bicyclic) bond motifs is 3. The van der Waals surface area contributed by atoms with Gasteiger partial charge in [0.15, 0.2) is 4.80 Å². The summed E-state index contributed by atoms with van der Waals surface area (Å²) >= 11 is 1.31. The minimum absolute atomic E-state index is 0.0699. The fourth-order valence-corrected chi connectivity index (χ4v) is 7.14. The summed E-state index contributed by atoms with van der Waals surface area (Å²) in [5.74, 6) is -0.981. The minimum atomic E-state index is -3.83. The second kappa shape index (κ2) is 11.4. The Hall–Kier alpha value is -4.28. The second-order valence-corrected chi connectivity index (χ2v) is 11.7. The molecule has 1 amide bonds. The SMILES string of the molecule is CCOC(=O)Cn1c(=NC(=O)c2ccc(S(=O)(=O)N(CC)c3ccccc3)cc2)sc2c3ccccc3ccc21. The van der Waals surface area contributed by atoms with E-state index in [-0.39, 0.29) is 30.2 Å². The molecule has 8 nitrogen and oxygen atoms in total. The van der Waals surface area contributed by atoms with Gasteiger partial charge in [0.25, 0.3) is 15.9 Å². The molecular weight excluding hydrogens is 546 g/mol. The Balaban J connectivity index is 1.53. The number of amides is 1. The first-order chi connectivity index (χ1) is 19.3. The van der Waals surface area contributed by atoms with Crippen LogP contribution in [0.4, 0.5) is 5.69 Å². The van der Waals surface area contributed by atoms with Crippen molar-refractivity contribution in [1.29, 1.82) is 0 Å². The van der Waals surface area contributed by atoms with E-state index in [2.05, 4.69) is 4.99 Å². The van der Waals surface area contributed by atoms with E-state index < -0.39 is 21.9 Å². The van der Waals surface area contributed by atoms with Gasteiger partial charge in [0.1, 0.15) is 6.54 Å². The molecule has 0 N–H and O–H groups in total. The van der Waals surface area contributed by atoms with Crippen molar-refractivity contribution in [2.75, 3.05) is 17.5 Å². The summed E-state index contributed by atoms with van der Waals surface area (Å²) in [6, 6.07) is 26.3. The third-order valence-electron chi connectivity index (χ3n) is 6.38. The van der Waals surface area contributed by atoms with Crippen LogP contribution in [0.3, 0.4) is 0 Å². The first-order valence-electron chi connectivity index (χ1n) is 12.8. The highest BCUT2D eigenvalue weighted by Gasteiger charge is 2.24. The normalized spacial score (nSPS) is 12.1. The molecule has 0 radical (unpaired) electrons. The Labute approximate surface area is 235 Å². The van der Waals surface area contributed by atoms with Crippen LogP contribution in [0, 0.1) is 0 Å². The van der Waals surface area contributed by atoms with Gasteiger partial charge >= 0.3 is 5.97 Å². The molecule has 4 aromatic carbocycles. The molecule has 0 saturated heterocycles. The minimum Gasteiger partial charge on any atom is -0.465 e. The molecule has 0 atom stereocenters. The molecule has 40 heavy (non-hydrogen) atoms. The number of aromatic nitrogens is 1. The molecule has 10 heteroatoms. The fraction of sp³-hybridized carbons (Fsp3) is 0.167. The predicted molar refractivity (Wildman–Crippen MR) is 157 cm³/mol. The van der Waals surface area contributed by atoms with E-state index in [1.165, 1.54) is 39.9 Å². The smallest absolute Gasteiger partial charge is 0.326 e. The van der Waals surface area contributed by atoms with Crippen molar-refractivity contribution in [2.24, 2.45) is 4.99 Å². The zero-order chi connectivity index (χ0) is 28.3. The lowest BCUT2D eigenvalue weighted by Crippen LogP contribution is -2.30. The average molecular weight is 574 g/mol. The maximum atomic E-state index is 13.3. The van der Waals surface area contributed by atoms with E-state index in [4.69, 9.17) is 4.74 Å². The van der Waals surface area contributed by atoms with Gasteiger partial charge in [0.05, 0.1) is 27.4 Å². The number of para-hydroxylation sites is 1. The molecule has 1 heterocycles. The van der Waals surface area contributed by atoms with Crippen molar-refractivity contribution in [3.8, 4) is 0 Å². The second-order valence-electron chi connectivity index (χ2n) is 8.86. The third-order valence-corrected chi connectivity index (χ3v) is 9.43. The van der Waals surface area contributed by atoms with Gasteiger partial charge in [-0.15, -0.1) is 0 Å². The standard InChI is InChI=1S/C30H27N3O5S2/c1-3-33(23-11-6-5-7-12-23)40(36,37)24-17-14-22(15-18-24)29(35)31-30-32(20-27(34)38-4-2)26-19-16-21-10-8-9-13-25(21)28(26)39-30/h5-19H,3-4,20H2,1-2H3. The number of ether oxygens (including phenoxy) is 1. The van der Waals surface area contributed by atoms with Crippen LogP contribution in [0.1, 0.15) is 24.2 Å². The highest BCUT2D eigenvalue weighted by molar-refractivity contribution is 7.92. The predicted octanol–water partition coefficient (Wildman–Crippen LogP) is 5.38. The molecule has 0 aliphatic carbocycles. The van der Waals surface area contributed by atoms with Crippen LogP contribution >= 0.6 is 11.3 Å². The molecule has 204 valence electrons.